The van der Waals surface area contributed by atoms with Crippen molar-refractivity contribution in [3.63, 3.8) is 0 Å². The lowest BCUT2D eigenvalue weighted by atomic mass is 10.3. The van der Waals surface area contributed by atoms with E-state index >= 15 is 0 Å². The van der Waals surface area contributed by atoms with Gasteiger partial charge in [-0.15, -0.1) is 0 Å². The third-order valence-corrected chi connectivity index (χ3v) is 2.89. The summed E-state index contributed by atoms with van der Waals surface area (Å²) in [5.41, 5.74) is 2.11. The molecule has 1 aromatic carbocycles. The van der Waals surface area contributed by atoms with E-state index in [0.29, 0.717) is 21.3 Å². The van der Waals surface area contributed by atoms with Crippen LogP contribution >= 0.6 is 23.2 Å². The number of hydrogen-bond acceptors (Lipinski definition) is 3. The number of fused-ring (bicyclic) bond motifs is 1. The predicted octanol–water partition coefficient (Wildman–Crippen LogP) is 3.12. The average molecular weight is 265 g/mol. The zero-order chi connectivity index (χ0) is 11.8. The van der Waals surface area contributed by atoms with E-state index in [0.717, 1.165) is 5.69 Å². The van der Waals surface area contributed by atoms with E-state index in [-0.39, 0.29) is 0 Å². The van der Waals surface area contributed by atoms with Gasteiger partial charge in [-0.2, -0.15) is 0 Å². The molecule has 0 amide bonds. The Hall–Kier alpha value is -1.65. The van der Waals surface area contributed by atoms with Crippen LogP contribution in [0, 0.1) is 0 Å². The lowest BCUT2D eigenvalue weighted by molar-refractivity contribution is 1.09. The maximum atomic E-state index is 6.05. The Bertz CT molecular complexity index is 693. The number of nitrogens with zero attached hydrogens (tertiary/aromatic N) is 4. The Morgan fingerprint density at radius 1 is 1.06 bits per heavy atom. The number of benzene rings is 1. The first-order chi connectivity index (χ1) is 8.25. The Morgan fingerprint density at radius 3 is 2.76 bits per heavy atom. The molecule has 0 saturated heterocycles. The van der Waals surface area contributed by atoms with E-state index in [9.17, 15) is 0 Å². The summed E-state index contributed by atoms with van der Waals surface area (Å²) >= 11 is 12.0. The van der Waals surface area contributed by atoms with Crippen LogP contribution in [-0.2, 0) is 0 Å². The molecule has 0 radical (unpaired) electrons. The summed E-state index contributed by atoms with van der Waals surface area (Å²) in [6.07, 6.45) is 3.04. The van der Waals surface area contributed by atoms with Crippen molar-refractivity contribution >= 4 is 34.4 Å². The average Bonchev–Trinajstić information content (AvgIpc) is 2.74. The molecule has 0 aliphatic carbocycles. The van der Waals surface area contributed by atoms with Crippen molar-refractivity contribution in [3.8, 4) is 5.69 Å². The number of hydrogen-bond donors (Lipinski definition) is 0. The fourth-order valence-electron chi connectivity index (χ4n) is 1.64. The number of imidazole rings is 1. The summed E-state index contributed by atoms with van der Waals surface area (Å²) in [6.45, 7) is 0. The van der Waals surface area contributed by atoms with Crippen LogP contribution in [0.25, 0.3) is 16.9 Å². The van der Waals surface area contributed by atoms with E-state index in [2.05, 4.69) is 15.0 Å². The van der Waals surface area contributed by atoms with Crippen LogP contribution in [0.15, 0.2) is 36.9 Å². The van der Waals surface area contributed by atoms with Crippen molar-refractivity contribution in [2.75, 3.05) is 0 Å². The monoisotopic (exact) mass is 264 g/mol. The second kappa shape index (κ2) is 3.98. The topological polar surface area (TPSA) is 43.6 Å². The maximum Gasteiger partial charge on any atom is 0.182 e. The minimum absolute atomic E-state index is 0.368. The Morgan fingerprint density at radius 2 is 1.94 bits per heavy atom. The predicted molar refractivity (Wildman–Crippen MR) is 66.7 cm³/mol. The van der Waals surface area contributed by atoms with Gasteiger partial charge in [-0.1, -0.05) is 29.3 Å². The number of halogens is 2. The van der Waals surface area contributed by atoms with E-state index < -0.39 is 0 Å². The second-order valence-corrected chi connectivity index (χ2v) is 4.23. The molecule has 0 fully saturated rings. The van der Waals surface area contributed by atoms with Gasteiger partial charge in [-0.3, -0.25) is 4.57 Å². The summed E-state index contributed by atoms with van der Waals surface area (Å²) < 4.78 is 1.81. The highest BCUT2D eigenvalue weighted by Crippen LogP contribution is 2.23. The highest BCUT2D eigenvalue weighted by Gasteiger charge is 2.10. The molecule has 4 nitrogen and oxygen atoms in total. The van der Waals surface area contributed by atoms with Crippen molar-refractivity contribution in [2.24, 2.45) is 0 Å². The Labute approximate surface area is 107 Å². The first-order valence-electron chi connectivity index (χ1n) is 4.85. The third kappa shape index (κ3) is 1.75. The van der Waals surface area contributed by atoms with E-state index in [1.165, 1.54) is 6.33 Å². The zero-order valence-corrected chi connectivity index (χ0v) is 10.0. The van der Waals surface area contributed by atoms with Crippen LogP contribution < -0.4 is 0 Å². The first-order valence-corrected chi connectivity index (χ1v) is 5.61. The van der Waals surface area contributed by atoms with E-state index in [4.69, 9.17) is 23.2 Å². The highest BCUT2D eigenvalue weighted by atomic mass is 35.5. The first kappa shape index (κ1) is 10.5. The lowest BCUT2D eigenvalue weighted by Gasteiger charge is -2.04. The molecule has 0 saturated carbocycles. The van der Waals surface area contributed by atoms with Gasteiger partial charge < -0.3 is 0 Å². The molecule has 0 atom stereocenters. The number of aromatic nitrogens is 4. The van der Waals surface area contributed by atoms with Gasteiger partial charge in [0.25, 0.3) is 0 Å². The molecule has 6 heteroatoms. The van der Waals surface area contributed by atoms with Gasteiger partial charge in [-0.05, 0) is 18.2 Å². The fourth-order valence-corrected chi connectivity index (χ4v) is 2.05. The van der Waals surface area contributed by atoms with Gasteiger partial charge in [0.1, 0.15) is 18.2 Å². The lowest BCUT2D eigenvalue weighted by Crippen LogP contribution is -1.93. The minimum Gasteiger partial charge on any atom is -0.295 e. The molecule has 0 N–H and O–H groups in total. The van der Waals surface area contributed by atoms with Gasteiger partial charge in [0, 0.05) is 10.7 Å². The molecule has 2 heterocycles. The standard InChI is InChI=1S/C11H6Cl2N4/c12-7-2-1-3-8(4-7)17-6-16-11-9(17)10(13)14-5-15-11/h1-6H. The maximum absolute atomic E-state index is 6.05. The minimum atomic E-state index is 0.368. The van der Waals surface area contributed by atoms with Gasteiger partial charge in [0.2, 0.25) is 0 Å². The molecular formula is C11H6Cl2N4. The largest absolute Gasteiger partial charge is 0.295 e. The van der Waals surface area contributed by atoms with E-state index in [1.54, 1.807) is 6.33 Å². The van der Waals surface area contributed by atoms with Gasteiger partial charge in [0.05, 0.1) is 0 Å². The van der Waals surface area contributed by atoms with Crippen molar-refractivity contribution < 1.29 is 0 Å². The van der Waals surface area contributed by atoms with Crippen LogP contribution in [0.4, 0.5) is 0 Å². The Kier molecular flexibility index (Phi) is 2.46. The Balaban J connectivity index is 2.31. The molecular weight excluding hydrogens is 259 g/mol. The highest BCUT2D eigenvalue weighted by molar-refractivity contribution is 6.33. The summed E-state index contributed by atoms with van der Waals surface area (Å²) in [6, 6.07) is 7.41. The van der Waals surface area contributed by atoms with Crippen LogP contribution in [0.5, 0.6) is 0 Å². The normalized spacial score (nSPS) is 10.9. The van der Waals surface area contributed by atoms with E-state index in [1.807, 2.05) is 28.8 Å². The van der Waals surface area contributed by atoms with Crippen molar-refractivity contribution in [1.29, 1.82) is 0 Å². The molecule has 0 bridgehead atoms. The number of rotatable bonds is 1. The molecule has 0 spiro atoms. The van der Waals surface area contributed by atoms with Crippen LogP contribution in [-0.4, -0.2) is 19.5 Å². The molecule has 17 heavy (non-hydrogen) atoms. The fraction of sp³-hybridized carbons (Fsp3) is 0. The van der Waals surface area contributed by atoms with Gasteiger partial charge in [0.15, 0.2) is 10.8 Å². The SMILES string of the molecule is Clc1cccc(-n2cnc3ncnc(Cl)c32)c1. The molecule has 0 aliphatic heterocycles. The zero-order valence-electron chi connectivity index (χ0n) is 8.51. The second-order valence-electron chi connectivity index (χ2n) is 3.43. The summed E-state index contributed by atoms with van der Waals surface area (Å²) in [5, 5.41) is 1.02. The molecule has 3 rings (SSSR count). The quantitative estimate of drug-likeness (QED) is 0.635. The molecule has 2 aromatic heterocycles. The van der Waals surface area contributed by atoms with Crippen molar-refractivity contribution in [2.45, 2.75) is 0 Å². The smallest absolute Gasteiger partial charge is 0.182 e. The summed E-state index contributed by atoms with van der Waals surface area (Å²) in [7, 11) is 0. The van der Waals surface area contributed by atoms with Crippen molar-refractivity contribution in [3.05, 3.63) is 47.1 Å². The van der Waals surface area contributed by atoms with Gasteiger partial charge in [-0.25, -0.2) is 15.0 Å². The molecule has 0 unspecified atom stereocenters. The molecule has 0 aliphatic rings. The molecule has 3 aromatic rings. The van der Waals surface area contributed by atoms with Crippen LogP contribution in [0.2, 0.25) is 10.2 Å². The van der Waals surface area contributed by atoms with Crippen molar-refractivity contribution in [1.82, 2.24) is 19.5 Å². The summed E-state index contributed by atoms with van der Waals surface area (Å²) in [4.78, 5) is 12.2. The van der Waals surface area contributed by atoms with Crippen LogP contribution in [0.1, 0.15) is 0 Å². The molecule has 84 valence electrons. The third-order valence-electron chi connectivity index (χ3n) is 2.38. The van der Waals surface area contributed by atoms with Crippen LogP contribution in [0.3, 0.4) is 0 Å². The summed E-state index contributed by atoms with van der Waals surface area (Å²) in [5.74, 6) is 0. The van der Waals surface area contributed by atoms with Gasteiger partial charge >= 0.3 is 0 Å².